The van der Waals surface area contributed by atoms with Crippen LogP contribution < -0.4 is 5.32 Å². The molecule has 0 bridgehead atoms. The van der Waals surface area contributed by atoms with Crippen molar-refractivity contribution in [2.45, 2.75) is 19.8 Å². The molecule has 0 unspecified atom stereocenters. The van der Waals surface area contributed by atoms with Gasteiger partial charge in [-0.3, -0.25) is 4.79 Å². The normalized spacial score (nSPS) is 20.4. The zero-order valence-electron chi connectivity index (χ0n) is 7.54. The summed E-state index contributed by atoms with van der Waals surface area (Å²) in [6.07, 6.45) is 2.85. The number of aliphatic carboxylic acids is 1. The second-order valence-electron chi connectivity index (χ2n) is 3.35. The number of hydrogen-bond donors (Lipinski definition) is 2. The Morgan fingerprint density at radius 1 is 1.62 bits per heavy atom. The van der Waals surface area contributed by atoms with Crippen LogP contribution >= 0.6 is 0 Å². The topological polar surface area (TPSA) is 66.4 Å². The Bertz CT molecular complexity index is 250. The highest BCUT2D eigenvalue weighted by Crippen LogP contribution is 2.31. The number of nitrogens with one attached hydrogen (secondary N) is 1. The minimum Gasteiger partial charge on any atom is -0.478 e. The Morgan fingerprint density at radius 3 is 2.69 bits per heavy atom. The van der Waals surface area contributed by atoms with Crippen LogP contribution in [0.4, 0.5) is 0 Å². The van der Waals surface area contributed by atoms with E-state index in [1.54, 1.807) is 0 Å². The van der Waals surface area contributed by atoms with Gasteiger partial charge in [-0.05, 0) is 18.8 Å². The molecule has 1 aliphatic rings. The number of rotatable bonds is 3. The van der Waals surface area contributed by atoms with Gasteiger partial charge >= 0.3 is 5.97 Å². The molecule has 2 N–H and O–H groups in total. The minimum absolute atomic E-state index is 0.0318. The van der Waals surface area contributed by atoms with E-state index in [9.17, 15) is 9.59 Å². The standard InChI is InChI=1S/C9H13NO3/c1-6(11)10-5-8-2-7(3-8)4-9(12)13/h4,8H,2-3,5H2,1H3,(H,10,11)(H,12,13). The summed E-state index contributed by atoms with van der Waals surface area (Å²) in [5.41, 5.74) is 0.961. The highest BCUT2D eigenvalue weighted by molar-refractivity contribution is 5.81. The van der Waals surface area contributed by atoms with Crippen molar-refractivity contribution in [3.63, 3.8) is 0 Å². The predicted octanol–water partition coefficient (Wildman–Crippen LogP) is 0.543. The van der Waals surface area contributed by atoms with Gasteiger partial charge in [0.25, 0.3) is 0 Å². The molecule has 1 fully saturated rings. The summed E-state index contributed by atoms with van der Waals surface area (Å²) >= 11 is 0. The maximum Gasteiger partial charge on any atom is 0.328 e. The Balaban J connectivity index is 2.18. The molecular weight excluding hydrogens is 170 g/mol. The van der Waals surface area contributed by atoms with Crippen LogP contribution in [0.2, 0.25) is 0 Å². The van der Waals surface area contributed by atoms with Crippen molar-refractivity contribution in [1.29, 1.82) is 0 Å². The lowest BCUT2D eigenvalue weighted by Crippen LogP contribution is -2.31. The van der Waals surface area contributed by atoms with E-state index < -0.39 is 5.97 Å². The summed E-state index contributed by atoms with van der Waals surface area (Å²) in [5, 5.41) is 11.1. The molecule has 0 heterocycles. The molecule has 0 aromatic rings. The maximum atomic E-state index is 10.5. The zero-order valence-corrected chi connectivity index (χ0v) is 7.54. The Morgan fingerprint density at radius 2 is 2.23 bits per heavy atom. The third kappa shape index (κ3) is 3.27. The van der Waals surface area contributed by atoms with Crippen LogP contribution in [-0.4, -0.2) is 23.5 Å². The molecule has 13 heavy (non-hydrogen) atoms. The van der Waals surface area contributed by atoms with Gasteiger partial charge < -0.3 is 10.4 Å². The van der Waals surface area contributed by atoms with Crippen molar-refractivity contribution in [3.05, 3.63) is 11.6 Å². The lowest BCUT2D eigenvalue weighted by Gasteiger charge is -2.28. The number of allylic oxidation sites excluding steroid dienone is 1. The summed E-state index contributed by atoms with van der Waals surface area (Å²) in [5.74, 6) is -0.488. The summed E-state index contributed by atoms with van der Waals surface area (Å²) in [6.45, 7) is 2.14. The molecule has 0 atom stereocenters. The Kier molecular flexibility index (Phi) is 3.06. The summed E-state index contributed by atoms with van der Waals surface area (Å²) in [6, 6.07) is 0. The fourth-order valence-electron chi connectivity index (χ4n) is 1.41. The van der Waals surface area contributed by atoms with Crippen molar-refractivity contribution in [2.24, 2.45) is 5.92 Å². The molecule has 4 nitrogen and oxygen atoms in total. The lowest BCUT2D eigenvalue weighted by atomic mass is 9.80. The predicted molar refractivity (Wildman–Crippen MR) is 47.1 cm³/mol. The van der Waals surface area contributed by atoms with Crippen LogP contribution in [0.3, 0.4) is 0 Å². The first kappa shape index (κ1) is 9.77. The maximum absolute atomic E-state index is 10.5. The molecular formula is C9H13NO3. The highest BCUT2D eigenvalue weighted by atomic mass is 16.4. The van der Waals surface area contributed by atoms with Gasteiger partial charge in [0.1, 0.15) is 0 Å². The first-order valence-corrected chi connectivity index (χ1v) is 4.24. The van der Waals surface area contributed by atoms with Crippen molar-refractivity contribution >= 4 is 11.9 Å². The van der Waals surface area contributed by atoms with E-state index in [4.69, 9.17) is 5.11 Å². The van der Waals surface area contributed by atoms with Gasteiger partial charge in [-0.2, -0.15) is 0 Å². The third-order valence-electron chi connectivity index (χ3n) is 2.07. The van der Waals surface area contributed by atoms with Crippen molar-refractivity contribution < 1.29 is 14.7 Å². The van der Waals surface area contributed by atoms with Gasteiger partial charge in [0, 0.05) is 19.5 Å². The average molecular weight is 183 g/mol. The number of carboxylic acid groups (broad SMARTS) is 1. The van der Waals surface area contributed by atoms with Gasteiger partial charge in [0.2, 0.25) is 5.91 Å². The van der Waals surface area contributed by atoms with Crippen LogP contribution in [0.5, 0.6) is 0 Å². The average Bonchev–Trinajstić information content (AvgIpc) is 1.92. The van der Waals surface area contributed by atoms with Crippen LogP contribution in [0.25, 0.3) is 0 Å². The first-order valence-electron chi connectivity index (χ1n) is 4.24. The molecule has 0 saturated heterocycles. The summed E-state index contributed by atoms with van der Waals surface area (Å²) in [7, 11) is 0. The number of amides is 1. The fourth-order valence-corrected chi connectivity index (χ4v) is 1.41. The third-order valence-corrected chi connectivity index (χ3v) is 2.07. The number of hydrogen-bond acceptors (Lipinski definition) is 2. The fraction of sp³-hybridized carbons (Fsp3) is 0.556. The number of carboxylic acids is 1. The van der Waals surface area contributed by atoms with Crippen molar-refractivity contribution in [3.8, 4) is 0 Å². The lowest BCUT2D eigenvalue weighted by molar-refractivity contribution is -0.131. The summed E-state index contributed by atoms with van der Waals surface area (Å²) < 4.78 is 0. The molecule has 0 aromatic carbocycles. The Labute approximate surface area is 76.6 Å². The van der Waals surface area contributed by atoms with Crippen LogP contribution in [0, 0.1) is 5.92 Å². The quantitative estimate of drug-likeness (QED) is 0.628. The number of carbonyl (C=O) groups is 2. The van der Waals surface area contributed by atoms with E-state index >= 15 is 0 Å². The first-order chi connectivity index (χ1) is 6.08. The molecule has 72 valence electrons. The molecule has 1 amide bonds. The molecule has 4 heteroatoms. The van der Waals surface area contributed by atoms with Crippen molar-refractivity contribution in [2.75, 3.05) is 6.54 Å². The smallest absolute Gasteiger partial charge is 0.328 e. The molecule has 0 radical (unpaired) electrons. The molecule has 1 aliphatic carbocycles. The van der Waals surface area contributed by atoms with Crippen LogP contribution in [0.1, 0.15) is 19.8 Å². The number of carbonyl (C=O) groups excluding carboxylic acids is 1. The van der Waals surface area contributed by atoms with Crippen LogP contribution in [0.15, 0.2) is 11.6 Å². The van der Waals surface area contributed by atoms with E-state index in [-0.39, 0.29) is 5.91 Å². The van der Waals surface area contributed by atoms with Gasteiger partial charge in [-0.25, -0.2) is 4.79 Å². The van der Waals surface area contributed by atoms with Gasteiger partial charge in [-0.15, -0.1) is 0 Å². The van der Waals surface area contributed by atoms with Crippen molar-refractivity contribution in [1.82, 2.24) is 5.32 Å². The minimum atomic E-state index is -0.882. The highest BCUT2D eigenvalue weighted by Gasteiger charge is 2.23. The van der Waals surface area contributed by atoms with E-state index in [1.165, 1.54) is 13.0 Å². The second-order valence-corrected chi connectivity index (χ2v) is 3.35. The molecule has 1 saturated carbocycles. The van der Waals surface area contributed by atoms with Gasteiger partial charge in [0.05, 0.1) is 0 Å². The van der Waals surface area contributed by atoms with E-state index in [0.717, 1.165) is 18.4 Å². The van der Waals surface area contributed by atoms with Crippen LogP contribution in [-0.2, 0) is 9.59 Å². The van der Waals surface area contributed by atoms with Gasteiger partial charge in [-0.1, -0.05) is 5.57 Å². The molecule has 0 aliphatic heterocycles. The zero-order chi connectivity index (χ0) is 9.84. The van der Waals surface area contributed by atoms with E-state index in [2.05, 4.69) is 5.32 Å². The Hall–Kier alpha value is -1.32. The largest absolute Gasteiger partial charge is 0.478 e. The van der Waals surface area contributed by atoms with E-state index in [0.29, 0.717) is 12.5 Å². The summed E-state index contributed by atoms with van der Waals surface area (Å²) in [4.78, 5) is 20.8. The SMILES string of the molecule is CC(=O)NCC1CC(=CC(=O)O)C1. The molecule has 0 spiro atoms. The molecule has 0 aromatic heterocycles. The molecule has 1 rings (SSSR count). The van der Waals surface area contributed by atoms with E-state index in [1.807, 2.05) is 0 Å². The van der Waals surface area contributed by atoms with Gasteiger partial charge in [0.15, 0.2) is 0 Å². The second kappa shape index (κ2) is 4.07. The monoisotopic (exact) mass is 183 g/mol.